The number of carbonyl (C=O) groups is 1. The number of rotatable bonds is 9. The van der Waals surface area contributed by atoms with Crippen molar-refractivity contribution in [2.45, 2.75) is 62.8 Å². The molecule has 0 saturated heterocycles. The summed E-state index contributed by atoms with van der Waals surface area (Å²) in [4.78, 5) is 12.8. The molecule has 35 heavy (non-hydrogen) atoms. The minimum Gasteiger partial charge on any atom is -0.492 e. The summed E-state index contributed by atoms with van der Waals surface area (Å²) in [6, 6.07) is 11.5. The van der Waals surface area contributed by atoms with Gasteiger partial charge in [-0.2, -0.15) is 4.31 Å². The van der Waals surface area contributed by atoms with Gasteiger partial charge in [-0.05, 0) is 89.9 Å². The number of carbonyl (C=O) groups excluding carboxylic acids is 1. The molecular weight excluding hydrogens is 550 g/mol. The van der Waals surface area contributed by atoms with Gasteiger partial charge in [0.05, 0.1) is 16.0 Å². The fourth-order valence-corrected chi connectivity index (χ4v) is 6.06. The van der Waals surface area contributed by atoms with E-state index in [0.29, 0.717) is 28.1 Å². The Hall–Kier alpha value is -2.01. The van der Waals surface area contributed by atoms with Crippen LogP contribution in [0.4, 0.5) is 5.69 Å². The van der Waals surface area contributed by atoms with Crippen molar-refractivity contribution in [3.63, 3.8) is 0 Å². The number of hydrogen-bond acceptors (Lipinski definition) is 5. The van der Waals surface area contributed by atoms with Crippen LogP contribution in [-0.2, 0) is 10.0 Å². The Labute approximate surface area is 221 Å². The van der Waals surface area contributed by atoms with Gasteiger partial charge in [-0.3, -0.25) is 10.1 Å². The fourth-order valence-electron chi connectivity index (χ4n) is 3.94. The lowest BCUT2D eigenvalue weighted by Gasteiger charge is -2.30. The maximum atomic E-state index is 13.0. The third kappa shape index (κ3) is 7.49. The van der Waals surface area contributed by atoms with E-state index < -0.39 is 10.0 Å². The maximum absolute atomic E-state index is 13.0. The van der Waals surface area contributed by atoms with Crippen LogP contribution >= 0.6 is 28.1 Å². The predicted molar refractivity (Wildman–Crippen MR) is 146 cm³/mol. The van der Waals surface area contributed by atoms with Crippen LogP contribution in [0.5, 0.6) is 5.75 Å². The van der Waals surface area contributed by atoms with Gasteiger partial charge in [-0.25, -0.2) is 8.42 Å². The van der Waals surface area contributed by atoms with Crippen LogP contribution in [0.25, 0.3) is 0 Å². The number of halogens is 1. The Kier molecular flexibility index (Phi) is 10.1. The first-order valence-electron chi connectivity index (χ1n) is 11.8. The molecule has 0 radical (unpaired) electrons. The highest BCUT2D eigenvalue weighted by molar-refractivity contribution is 9.10. The summed E-state index contributed by atoms with van der Waals surface area (Å²) in [6.45, 7) is 2.71. The second kappa shape index (κ2) is 12.8. The van der Waals surface area contributed by atoms with Crippen molar-refractivity contribution in [1.29, 1.82) is 0 Å². The molecule has 2 aromatic carbocycles. The number of ether oxygens (including phenoxy) is 1. The summed E-state index contributed by atoms with van der Waals surface area (Å²) in [5, 5.41) is 5.69. The predicted octanol–water partition coefficient (Wildman–Crippen LogP) is 5.71. The number of nitrogens with zero attached hydrogens (tertiary/aromatic N) is 1. The van der Waals surface area contributed by atoms with Gasteiger partial charge < -0.3 is 10.1 Å². The van der Waals surface area contributed by atoms with Gasteiger partial charge in [-0.15, -0.1) is 0 Å². The largest absolute Gasteiger partial charge is 0.492 e. The summed E-state index contributed by atoms with van der Waals surface area (Å²) in [7, 11) is -1.91. The first-order valence-corrected chi connectivity index (χ1v) is 14.5. The van der Waals surface area contributed by atoms with Crippen LogP contribution in [0, 0.1) is 0 Å². The van der Waals surface area contributed by atoms with Gasteiger partial charge in [-0.1, -0.05) is 32.6 Å². The van der Waals surface area contributed by atoms with E-state index in [1.807, 2.05) is 0 Å². The normalized spacial score (nSPS) is 14.5. The van der Waals surface area contributed by atoms with Crippen molar-refractivity contribution in [3.8, 4) is 5.75 Å². The SMILES string of the molecule is CCCCOc1ccc(C(=O)NC(=S)Nc2ccc(S(=O)(=O)N(C)C3CCCCC3)cc2)cc1Br. The molecule has 0 heterocycles. The van der Waals surface area contributed by atoms with Crippen LogP contribution in [0.1, 0.15) is 62.2 Å². The number of thiocarbonyl (C=S) groups is 1. The minimum atomic E-state index is -3.57. The summed E-state index contributed by atoms with van der Waals surface area (Å²) >= 11 is 8.71. The first-order chi connectivity index (χ1) is 16.7. The number of amides is 1. The van der Waals surface area contributed by atoms with Crippen molar-refractivity contribution >= 4 is 54.9 Å². The van der Waals surface area contributed by atoms with Gasteiger partial charge in [0, 0.05) is 24.3 Å². The Morgan fingerprint density at radius 1 is 1.14 bits per heavy atom. The molecule has 0 atom stereocenters. The molecule has 0 spiro atoms. The molecule has 1 aliphatic carbocycles. The van der Waals surface area contributed by atoms with Crippen LogP contribution in [0.15, 0.2) is 51.8 Å². The molecule has 1 amide bonds. The van der Waals surface area contributed by atoms with E-state index in [4.69, 9.17) is 17.0 Å². The number of benzene rings is 2. The van der Waals surface area contributed by atoms with Gasteiger partial charge in [0.2, 0.25) is 10.0 Å². The number of unbranched alkanes of at least 4 members (excludes halogenated alkanes) is 1. The molecule has 190 valence electrons. The Morgan fingerprint density at radius 3 is 2.46 bits per heavy atom. The smallest absolute Gasteiger partial charge is 0.257 e. The number of anilines is 1. The highest BCUT2D eigenvalue weighted by atomic mass is 79.9. The Balaban J connectivity index is 1.57. The molecule has 10 heteroatoms. The summed E-state index contributed by atoms with van der Waals surface area (Å²) in [6.07, 6.45) is 7.08. The van der Waals surface area contributed by atoms with Gasteiger partial charge >= 0.3 is 0 Å². The molecule has 7 nitrogen and oxygen atoms in total. The molecule has 0 aliphatic heterocycles. The van der Waals surface area contributed by atoms with E-state index >= 15 is 0 Å². The molecule has 0 aromatic heterocycles. The summed E-state index contributed by atoms with van der Waals surface area (Å²) in [5.41, 5.74) is 1.01. The highest BCUT2D eigenvalue weighted by Gasteiger charge is 2.28. The third-order valence-corrected chi connectivity index (χ3v) is 8.80. The molecule has 3 rings (SSSR count). The topological polar surface area (TPSA) is 87.7 Å². The Morgan fingerprint density at radius 2 is 1.83 bits per heavy atom. The maximum Gasteiger partial charge on any atom is 0.257 e. The zero-order valence-corrected chi connectivity index (χ0v) is 23.3. The number of nitrogens with one attached hydrogen (secondary N) is 2. The summed E-state index contributed by atoms with van der Waals surface area (Å²) < 4.78 is 33.9. The van der Waals surface area contributed by atoms with Crippen LogP contribution in [-0.4, -0.2) is 43.4 Å². The Bertz CT molecular complexity index is 1130. The molecule has 1 fully saturated rings. The van der Waals surface area contributed by atoms with Gasteiger partial charge in [0.25, 0.3) is 5.91 Å². The fraction of sp³-hybridized carbons (Fsp3) is 0.440. The van der Waals surface area contributed by atoms with Crippen molar-refractivity contribution in [3.05, 3.63) is 52.5 Å². The van der Waals surface area contributed by atoms with Gasteiger partial charge in [0.1, 0.15) is 5.75 Å². The second-order valence-electron chi connectivity index (χ2n) is 8.59. The average molecular weight is 583 g/mol. The zero-order valence-electron chi connectivity index (χ0n) is 20.1. The van der Waals surface area contributed by atoms with E-state index in [0.717, 1.165) is 44.9 Å². The quantitative estimate of drug-likeness (QED) is 0.291. The molecule has 2 N–H and O–H groups in total. The van der Waals surface area contributed by atoms with Crippen LogP contribution in [0.3, 0.4) is 0 Å². The third-order valence-electron chi connectivity index (χ3n) is 6.05. The lowest BCUT2D eigenvalue weighted by Crippen LogP contribution is -2.38. The second-order valence-corrected chi connectivity index (χ2v) is 11.9. The summed E-state index contributed by atoms with van der Waals surface area (Å²) in [5.74, 6) is 0.316. The van der Waals surface area contributed by atoms with Crippen LogP contribution in [0.2, 0.25) is 0 Å². The van der Waals surface area contributed by atoms with Crippen LogP contribution < -0.4 is 15.4 Å². The van der Waals surface area contributed by atoms with Crippen molar-refractivity contribution in [2.24, 2.45) is 0 Å². The first kappa shape index (κ1) is 27.6. The van der Waals surface area contributed by atoms with Crippen molar-refractivity contribution in [1.82, 2.24) is 9.62 Å². The van der Waals surface area contributed by atoms with E-state index in [-0.39, 0.29) is 22.0 Å². The average Bonchev–Trinajstić information content (AvgIpc) is 2.85. The van der Waals surface area contributed by atoms with Crippen molar-refractivity contribution < 1.29 is 17.9 Å². The van der Waals surface area contributed by atoms with E-state index in [9.17, 15) is 13.2 Å². The highest BCUT2D eigenvalue weighted by Crippen LogP contribution is 2.28. The number of hydrogen-bond donors (Lipinski definition) is 2. The monoisotopic (exact) mass is 581 g/mol. The lowest BCUT2D eigenvalue weighted by atomic mass is 9.96. The molecular formula is C25H32BrN3O4S2. The molecule has 2 aromatic rings. The molecule has 1 saturated carbocycles. The zero-order chi connectivity index (χ0) is 25.4. The van der Waals surface area contributed by atoms with Crippen molar-refractivity contribution in [2.75, 3.05) is 19.0 Å². The van der Waals surface area contributed by atoms with E-state index in [1.165, 1.54) is 4.31 Å². The minimum absolute atomic E-state index is 0.0475. The molecule has 0 unspecified atom stereocenters. The number of sulfonamides is 1. The molecule has 0 bridgehead atoms. The molecule has 1 aliphatic rings. The van der Waals surface area contributed by atoms with E-state index in [2.05, 4.69) is 33.5 Å². The van der Waals surface area contributed by atoms with E-state index in [1.54, 1.807) is 49.5 Å². The van der Waals surface area contributed by atoms with Gasteiger partial charge in [0.15, 0.2) is 5.11 Å². The standard InChI is InChI=1S/C25H32BrN3O4S2/c1-3-4-16-33-23-15-10-18(17-22(23)26)24(30)28-25(34)27-19-11-13-21(14-12-19)35(31,32)29(2)20-8-6-5-7-9-20/h10-15,17,20H,3-9,16H2,1-2H3,(H2,27,28,30,34). The lowest BCUT2D eigenvalue weighted by molar-refractivity contribution is 0.0977.